The summed E-state index contributed by atoms with van der Waals surface area (Å²) in [7, 11) is 0. The molecular formula is C8H14O6. The Morgan fingerprint density at radius 1 is 1.43 bits per heavy atom. The van der Waals surface area contributed by atoms with Gasteiger partial charge < -0.3 is 25.2 Å². The van der Waals surface area contributed by atoms with Crippen molar-refractivity contribution in [2.75, 3.05) is 13.2 Å². The summed E-state index contributed by atoms with van der Waals surface area (Å²) in [5.74, 6) is -1.01. The Morgan fingerprint density at radius 3 is 2.43 bits per heavy atom. The highest BCUT2D eigenvalue weighted by Crippen LogP contribution is 1.99. The molecule has 0 aromatic carbocycles. The predicted molar refractivity (Wildman–Crippen MR) is 46.3 cm³/mol. The maximum Gasteiger partial charge on any atom is 0.195 e. The summed E-state index contributed by atoms with van der Waals surface area (Å²) < 4.78 is 4.52. The van der Waals surface area contributed by atoms with E-state index < -0.39 is 30.7 Å². The summed E-state index contributed by atoms with van der Waals surface area (Å²) in [6.45, 7) is 2.08. The van der Waals surface area contributed by atoms with Crippen molar-refractivity contribution >= 4 is 5.78 Å². The number of hydrogen-bond acceptors (Lipinski definition) is 6. The highest BCUT2D eigenvalue weighted by molar-refractivity contribution is 5.87. The first-order valence-electron chi connectivity index (χ1n) is 3.95. The summed E-state index contributed by atoms with van der Waals surface area (Å²) in [6.07, 6.45) is -3.93. The predicted octanol–water partition coefficient (Wildman–Crippen LogP) is -2.21. The Kier molecular flexibility index (Phi) is 6.06. The third kappa shape index (κ3) is 3.84. The first-order valence-corrected chi connectivity index (χ1v) is 3.95. The molecule has 1 unspecified atom stereocenters. The number of carbonyl (C=O) groups is 1. The first kappa shape index (κ1) is 13.1. The molecule has 0 radical (unpaired) electrons. The first-order chi connectivity index (χ1) is 6.54. The van der Waals surface area contributed by atoms with E-state index in [2.05, 4.69) is 11.3 Å². The molecule has 0 aliphatic heterocycles. The molecule has 82 valence electrons. The highest BCUT2D eigenvalue weighted by atomic mass is 16.5. The van der Waals surface area contributed by atoms with Crippen LogP contribution >= 0.6 is 0 Å². The summed E-state index contributed by atoms with van der Waals surface area (Å²) in [5, 5.41) is 35.4. The van der Waals surface area contributed by atoms with Crippen LogP contribution in [-0.2, 0) is 9.53 Å². The monoisotopic (exact) mass is 206 g/mol. The van der Waals surface area contributed by atoms with Gasteiger partial charge in [0.1, 0.15) is 24.9 Å². The maximum absolute atomic E-state index is 11.1. The molecule has 0 aromatic heterocycles. The average molecular weight is 206 g/mol. The van der Waals surface area contributed by atoms with Crippen LogP contribution in [0.2, 0.25) is 0 Å². The number of aliphatic hydroxyl groups excluding tert-OH is 4. The van der Waals surface area contributed by atoms with Crippen molar-refractivity contribution in [3.63, 3.8) is 0 Å². The van der Waals surface area contributed by atoms with Crippen molar-refractivity contribution in [2.45, 2.75) is 18.3 Å². The van der Waals surface area contributed by atoms with Crippen molar-refractivity contribution in [3.05, 3.63) is 12.8 Å². The summed E-state index contributed by atoms with van der Waals surface area (Å²) >= 11 is 0. The molecule has 0 aliphatic carbocycles. The van der Waals surface area contributed by atoms with E-state index in [0.29, 0.717) is 0 Å². The van der Waals surface area contributed by atoms with Crippen LogP contribution < -0.4 is 0 Å². The van der Waals surface area contributed by atoms with E-state index in [4.69, 9.17) is 20.4 Å². The second-order valence-corrected chi connectivity index (χ2v) is 2.61. The van der Waals surface area contributed by atoms with E-state index in [0.717, 1.165) is 6.26 Å². The minimum Gasteiger partial charge on any atom is -0.499 e. The van der Waals surface area contributed by atoms with Crippen molar-refractivity contribution in [2.24, 2.45) is 0 Å². The Balaban J connectivity index is 4.09. The molecule has 0 heterocycles. The van der Waals surface area contributed by atoms with Gasteiger partial charge in [-0.05, 0) is 0 Å². The average Bonchev–Trinajstić information content (AvgIpc) is 2.22. The van der Waals surface area contributed by atoms with E-state index >= 15 is 0 Å². The Labute approximate surface area is 81.1 Å². The van der Waals surface area contributed by atoms with Gasteiger partial charge in [0, 0.05) is 0 Å². The summed E-state index contributed by atoms with van der Waals surface area (Å²) in [4.78, 5) is 11.1. The fraction of sp³-hybridized carbons (Fsp3) is 0.625. The minimum atomic E-state index is -1.82. The lowest BCUT2D eigenvalue weighted by Gasteiger charge is -2.17. The molecule has 0 rings (SSSR count). The third-order valence-corrected chi connectivity index (χ3v) is 1.54. The number of ether oxygens (including phenoxy) is 1. The molecule has 6 heteroatoms. The molecule has 3 atom stereocenters. The lowest BCUT2D eigenvalue weighted by molar-refractivity contribution is -0.145. The maximum atomic E-state index is 11.1. The van der Waals surface area contributed by atoms with Crippen molar-refractivity contribution in [1.82, 2.24) is 0 Å². The van der Waals surface area contributed by atoms with E-state index in [9.17, 15) is 4.79 Å². The Hall–Kier alpha value is -0.950. The van der Waals surface area contributed by atoms with Crippen LogP contribution in [0.15, 0.2) is 12.8 Å². The molecule has 14 heavy (non-hydrogen) atoms. The van der Waals surface area contributed by atoms with Gasteiger partial charge in [-0.1, -0.05) is 6.58 Å². The molecule has 0 amide bonds. The highest BCUT2D eigenvalue weighted by Gasteiger charge is 2.29. The molecule has 0 saturated heterocycles. The van der Waals surface area contributed by atoms with Gasteiger partial charge in [0.15, 0.2) is 5.78 Å². The van der Waals surface area contributed by atoms with E-state index in [-0.39, 0.29) is 6.61 Å². The van der Waals surface area contributed by atoms with Gasteiger partial charge in [0.05, 0.1) is 12.9 Å². The summed E-state index contributed by atoms with van der Waals surface area (Å²) in [6, 6.07) is 0. The number of aliphatic hydroxyl groups is 4. The SMILES string of the molecule is C=COCC(O)C(=O)[C@H](O)[C@@H](O)CO. The summed E-state index contributed by atoms with van der Waals surface area (Å²) in [5.41, 5.74) is 0. The van der Waals surface area contributed by atoms with Crippen LogP contribution in [0.4, 0.5) is 0 Å². The fourth-order valence-corrected chi connectivity index (χ4v) is 0.728. The van der Waals surface area contributed by atoms with Crippen molar-refractivity contribution < 1.29 is 30.0 Å². The van der Waals surface area contributed by atoms with Gasteiger partial charge in [-0.15, -0.1) is 0 Å². The van der Waals surface area contributed by atoms with Gasteiger partial charge in [-0.3, -0.25) is 4.79 Å². The second kappa shape index (κ2) is 6.50. The quantitative estimate of drug-likeness (QED) is 0.352. The topological polar surface area (TPSA) is 107 Å². The molecular weight excluding hydrogens is 192 g/mol. The van der Waals surface area contributed by atoms with Crippen LogP contribution in [0.25, 0.3) is 0 Å². The van der Waals surface area contributed by atoms with E-state index in [1.165, 1.54) is 0 Å². The Morgan fingerprint density at radius 2 is 2.00 bits per heavy atom. The zero-order valence-corrected chi connectivity index (χ0v) is 7.54. The molecule has 4 N–H and O–H groups in total. The number of carbonyl (C=O) groups excluding carboxylic acids is 1. The van der Waals surface area contributed by atoms with Crippen LogP contribution in [0.3, 0.4) is 0 Å². The molecule has 6 nitrogen and oxygen atoms in total. The minimum absolute atomic E-state index is 0.350. The zero-order valence-electron chi connectivity index (χ0n) is 7.54. The van der Waals surface area contributed by atoms with Gasteiger partial charge in [0.25, 0.3) is 0 Å². The number of hydrogen-bond donors (Lipinski definition) is 4. The van der Waals surface area contributed by atoms with Crippen LogP contribution in [-0.4, -0.2) is 57.7 Å². The zero-order chi connectivity index (χ0) is 11.1. The standard InChI is InChI=1S/C8H14O6/c1-2-14-4-6(11)8(13)7(12)5(10)3-9/h2,5-7,9-12H,1,3-4H2/t5-,6?,7+/m0/s1. The number of rotatable bonds is 7. The fourth-order valence-electron chi connectivity index (χ4n) is 0.728. The third-order valence-electron chi connectivity index (χ3n) is 1.54. The van der Waals surface area contributed by atoms with Crippen molar-refractivity contribution in [3.8, 4) is 0 Å². The van der Waals surface area contributed by atoms with Gasteiger partial charge >= 0.3 is 0 Å². The normalized spacial score (nSPS) is 16.9. The van der Waals surface area contributed by atoms with Crippen LogP contribution in [0.5, 0.6) is 0 Å². The molecule has 0 aromatic rings. The second-order valence-electron chi connectivity index (χ2n) is 2.61. The van der Waals surface area contributed by atoms with Crippen LogP contribution in [0, 0.1) is 0 Å². The lowest BCUT2D eigenvalue weighted by Crippen LogP contribution is -2.43. The van der Waals surface area contributed by atoms with Gasteiger partial charge in [0.2, 0.25) is 0 Å². The number of Topliss-reactive ketones (excluding diaryl/α,β-unsaturated/α-hetero) is 1. The van der Waals surface area contributed by atoms with E-state index in [1.54, 1.807) is 0 Å². The van der Waals surface area contributed by atoms with Crippen molar-refractivity contribution in [1.29, 1.82) is 0 Å². The largest absolute Gasteiger partial charge is 0.499 e. The van der Waals surface area contributed by atoms with Gasteiger partial charge in [-0.2, -0.15) is 0 Å². The Bertz CT molecular complexity index is 192. The van der Waals surface area contributed by atoms with Crippen LogP contribution in [0.1, 0.15) is 0 Å². The molecule has 0 bridgehead atoms. The lowest BCUT2D eigenvalue weighted by atomic mass is 10.1. The smallest absolute Gasteiger partial charge is 0.195 e. The van der Waals surface area contributed by atoms with Gasteiger partial charge in [-0.25, -0.2) is 0 Å². The molecule has 0 spiro atoms. The molecule has 0 fully saturated rings. The molecule has 0 aliphatic rings. The molecule has 0 saturated carbocycles. The van der Waals surface area contributed by atoms with E-state index in [1.807, 2.05) is 0 Å². The number of ketones is 1.